The Kier molecular flexibility index (Phi) is 7.15. The van der Waals surface area contributed by atoms with Crippen LogP contribution in [0.15, 0.2) is 12.1 Å². The molecule has 0 spiro atoms. The van der Waals surface area contributed by atoms with Gasteiger partial charge in [-0.3, -0.25) is 0 Å². The summed E-state index contributed by atoms with van der Waals surface area (Å²) in [4.78, 5) is 0. The lowest BCUT2D eigenvalue weighted by molar-refractivity contribution is 0.394. The highest BCUT2D eigenvalue weighted by Crippen LogP contribution is 2.31. The van der Waals surface area contributed by atoms with Crippen molar-refractivity contribution in [3.63, 3.8) is 0 Å². The molecule has 0 radical (unpaired) electrons. The molecule has 1 aromatic carbocycles. The van der Waals surface area contributed by atoms with Crippen molar-refractivity contribution in [2.45, 2.75) is 20.3 Å². The first-order chi connectivity index (χ1) is 7.08. The molecule has 2 nitrogen and oxygen atoms in total. The van der Waals surface area contributed by atoms with Crippen molar-refractivity contribution in [3.05, 3.63) is 21.3 Å². The Hall–Kier alpha value is -0.160. The number of hydrogen-bond donors (Lipinski definition) is 0. The van der Waals surface area contributed by atoms with Gasteiger partial charge in [-0.05, 0) is 52.6 Å². The van der Waals surface area contributed by atoms with E-state index in [0.717, 1.165) is 21.5 Å². The Morgan fingerprint density at radius 3 is 2.12 bits per heavy atom. The van der Waals surface area contributed by atoms with Crippen LogP contribution in [0.2, 0.25) is 0 Å². The van der Waals surface area contributed by atoms with Gasteiger partial charge < -0.3 is 9.47 Å². The van der Waals surface area contributed by atoms with Crippen molar-refractivity contribution < 1.29 is 9.47 Å². The molecule has 0 atom stereocenters. The molecule has 92 valence electrons. The van der Waals surface area contributed by atoms with Crippen molar-refractivity contribution >= 4 is 35.0 Å². The van der Waals surface area contributed by atoms with E-state index in [0.29, 0.717) is 5.92 Å². The van der Waals surface area contributed by atoms with Crippen molar-refractivity contribution in [3.8, 4) is 11.5 Å². The zero-order valence-electron chi connectivity index (χ0n) is 10.0. The monoisotopic (exact) mass is 356 g/mol. The summed E-state index contributed by atoms with van der Waals surface area (Å²) in [6.45, 7) is 4.40. The summed E-state index contributed by atoms with van der Waals surface area (Å²) in [6.07, 6.45) is 1.01. The summed E-state index contributed by atoms with van der Waals surface area (Å²) in [7, 11) is 3.41. The molecule has 1 rings (SSSR count). The van der Waals surface area contributed by atoms with Gasteiger partial charge in [0, 0.05) is 0 Å². The Bertz CT molecular complexity index is 340. The van der Waals surface area contributed by atoms with Crippen LogP contribution in [0.5, 0.6) is 11.5 Å². The number of ether oxygens (including phenoxy) is 2. The Morgan fingerprint density at radius 1 is 1.12 bits per heavy atom. The highest BCUT2D eigenvalue weighted by molar-refractivity contribution is 14.1. The molecule has 0 aliphatic heterocycles. The lowest BCUT2D eigenvalue weighted by atomic mass is 10.0. The minimum atomic E-state index is 0. The highest BCUT2D eigenvalue weighted by Gasteiger charge is 2.10. The van der Waals surface area contributed by atoms with Crippen LogP contribution in [0.3, 0.4) is 0 Å². The molecule has 1 aromatic rings. The van der Waals surface area contributed by atoms with Gasteiger partial charge >= 0.3 is 0 Å². The fraction of sp³-hybridized carbons (Fsp3) is 0.500. The minimum absolute atomic E-state index is 0. The number of hydrogen-bond acceptors (Lipinski definition) is 2. The van der Waals surface area contributed by atoms with Crippen LogP contribution in [0.25, 0.3) is 0 Å². The lowest BCUT2D eigenvalue weighted by Crippen LogP contribution is -2.00. The number of methoxy groups -OCH3 is 2. The second-order valence-electron chi connectivity index (χ2n) is 3.90. The Morgan fingerprint density at radius 2 is 1.69 bits per heavy atom. The van der Waals surface area contributed by atoms with Gasteiger partial charge in [-0.1, -0.05) is 13.8 Å². The van der Waals surface area contributed by atoms with Gasteiger partial charge in [-0.25, -0.2) is 0 Å². The van der Waals surface area contributed by atoms with E-state index in [2.05, 4.69) is 42.5 Å². The molecule has 0 amide bonds. The minimum Gasteiger partial charge on any atom is -0.496 e. The second kappa shape index (κ2) is 7.22. The summed E-state index contributed by atoms with van der Waals surface area (Å²) >= 11 is 2.25. The third-order valence-corrected chi connectivity index (χ3v) is 3.03. The number of benzene rings is 1. The molecule has 0 fully saturated rings. The summed E-state index contributed by atoms with van der Waals surface area (Å²) < 4.78 is 11.8. The van der Waals surface area contributed by atoms with Gasteiger partial charge in [0.15, 0.2) is 0 Å². The van der Waals surface area contributed by atoms with E-state index < -0.39 is 0 Å². The smallest absolute Gasteiger partial charge is 0.132 e. The first-order valence-electron chi connectivity index (χ1n) is 4.98. The maximum Gasteiger partial charge on any atom is 0.132 e. The van der Waals surface area contributed by atoms with Gasteiger partial charge in [-0.2, -0.15) is 0 Å². The maximum atomic E-state index is 5.37. The molecule has 0 aromatic heterocycles. The third kappa shape index (κ3) is 4.01. The fourth-order valence-corrected chi connectivity index (χ4v) is 2.18. The molecular weight excluding hydrogens is 338 g/mol. The van der Waals surface area contributed by atoms with Gasteiger partial charge in [0.1, 0.15) is 11.5 Å². The molecule has 0 N–H and O–H groups in total. The molecule has 0 saturated heterocycles. The van der Waals surface area contributed by atoms with Crippen molar-refractivity contribution in [1.82, 2.24) is 0 Å². The quantitative estimate of drug-likeness (QED) is 0.761. The molecule has 0 saturated carbocycles. The zero-order valence-corrected chi connectivity index (χ0v) is 13.0. The fourth-order valence-electron chi connectivity index (χ4n) is 1.52. The van der Waals surface area contributed by atoms with Crippen molar-refractivity contribution in [1.29, 1.82) is 0 Å². The van der Waals surface area contributed by atoms with E-state index in [1.807, 2.05) is 6.07 Å². The van der Waals surface area contributed by atoms with Crippen LogP contribution in [0.1, 0.15) is 19.4 Å². The molecule has 0 heterocycles. The topological polar surface area (TPSA) is 18.5 Å². The predicted octanol–water partition coefficient (Wildman–Crippen LogP) is 3.93. The molecular formula is C12H18ClIO2. The molecule has 0 unspecified atom stereocenters. The summed E-state index contributed by atoms with van der Waals surface area (Å²) in [5.41, 5.74) is 1.21. The highest BCUT2D eigenvalue weighted by atomic mass is 127. The molecule has 4 heteroatoms. The molecule has 0 bridgehead atoms. The lowest BCUT2D eigenvalue weighted by Gasteiger charge is -2.13. The van der Waals surface area contributed by atoms with Crippen LogP contribution in [0, 0.1) is 9.49 Å². The van der Waals surface area contributed by atoms with Crippen LogP contribution >= 0.6 is 35.0 Å². The number of halogens is 2. The second-order valence-corrected chi connectivity index (χ2v) is 5.06. The van der Waals surface area contributed by atoms with Gasteiger partial charge in [-0.15, -0.1) is 12.4 Å². The van der Waals surface area contributed by atoms with Crippen LogP contribution in [0.4, 0.5) is 0 Å². The Balaban J connectivity index is 0.00000225. The molecule has 0 aliphatic rings. The van der Waals surface area contributed by atoms with Crippen LogP contribution in [-0.2, 0) is 6.42 Å². The van der Waals surface area contributed by atoms with E-state index in [4.69, 9.17) is 9.47 Å². The number of rotatable bonds is 4. The van der Waals surface area contributed by atoms with Gasteiger partial charge in [0.2, 0.25) is 0 Å². The standard InChI is InChI=1S/C12H17IO2.ClH/c1-8(2)5-9-6-12(15-4)10(13)7-11(9)14-3;/h6-8H,5H2,1-4H3;1H. The van der Waals surface area contributed by atoms with Gasteiger partial charge in [0.25, 0.3) is 0 Å². The first kappa shape index (κ1) is 15.8. The largest absolute Gasteiger partial charge is 0.496 e. The Labute approximate surface area is 117 Å². The van der Waals surface area contributed by atoms with Gasteiger partial charge in [0.05, 0.1) is 17.8 Å². The molecule has 16 heavy (non-hydrogen) atoms. The van der Waals surface area contributed by atoms with Crippen LogP contribution in [-0.4, -0.2) is 14.2 Å². The third-order valence-electron chi connectivity index (χ3n) is 2.18. The van der Waals surface area contributed by atoms with Crippen molar-refractivity contribution in [2.24, 2.45) is 5.92 Å². The van der Waals surface area contributed by atoms with E-state index in [1.54, 1.807) is 14.2 Å². The average molecular weight is 357 g/mol. The van der Waals surface area contributed by atoms with Crippen molar-refractivity contribution in [2.75, 3.05) is 14.2 Å². The predicted molar refractivity (Wildman–Crippen MR) is 78.1 cm³/mol. The summed E-state index contributed by atoms with van der Waals surface area (Å²) in [5.74, 6) is 2.49. The van der Waals surface area contributed by atoms with E-state index in [9.17, 15) is 0 Å². The normalized spacial score (nSPS) is 9.88. The van der Waals surface area contributed by atoms with E-state index in [1.165, 1.54) is 5.56 Å². The summed E-state index contributed by atoms with van der Waals surface area (Å²) in [5, 5.41) is 0. The van der Waals surface area contributed by atoms with E-state index >= 15 is 0 Å². The maximum absolute atomic E-state index is 5.37. The average Bonchev–Trinajstić information content (AvgIpc) is 2.19. The first-order valence-corrected chi connectivity index (χ1v) is 6.06. The van der Waals surface area contributed by atoms with E-state index in [-0.39, 0.29) is 12.4 Å². The van der Waals surface area contributed by atoms with Crippen LogP contribution < -0.4 is 9.47 Å². The zero-order chi connectivity index (χ0) is 11.4. The molecule has 0 aliphatic carbocycles. The SMILES string of the molecule is COc1cc(CC(C)C)c(OC)cc1I.Cl. The summed E-state index contributed by atoms with van der Waals surface area (Å²) in [6, 6.07) is 4.09.